The molecule has 0 aromatic heterocycles. The van der Waals surface area contributed by atoms with Crippen LogP contribution >= 0.6 is 24.0 Å². The van der Waals surface area contributed by atoms with Crippen molar-refractivity contribution in [2.24, 2.45) is 0 Å². The van der Waals surface area contributed by atoms with E-state index in [9.17, 15) is 0 Å². The van der Waals surface area contributed by atoms with Gasteiger partial charge in [0.05, 0.1) is 11.6 Å². The Morgan fingerprint density at radius 1 is 1.44 bits per heavy atom. The monoisotopic (exact) mass is 293 g/mol. The van der Waals surface area contributed by atoms with Crippen LogP contribution in [0.4, 0.5) is 0 Å². The molecule has 0 aliphatic heterocycles. The van der Waals surface area contributed by atoms with Gasteiger partial charge in [-0.05, 0) is 25.0 Å². The molecule has 0 radical (unpaired) electrons. The molecule has 0 bridgehead atoms. The summed E-state index contributed by atoms with van der Waals surface area (Å²) in [5.74, 6) is 0.744. The van der Waals surface area contributed by atoms with Gasteiger partial charge >= 0.3 is 0 Å². The van der Waals surface area contributed by atoms with E-state index in [2.05, 4.69) is 5.32 Å². The van der Waals surface area contributed by atoms with E-state index in [0.717, 1.165) is 17.7 Å². The van der Waals surface area contributed by atoms with Crippen LogP contribution in [-0.4, -0.2) is 30.9 Å². The maximum Gasteiger partial charge on any atom is 0.140 e. The maximum atomic E-state index is 9.01. The Bertz CT molecular complexity index is 324. The van der Waals surface area contributed by atoms with Gasteiger partial charge in [-0.2, -0.15) is 0 Å². The summed E-state index contributed by atoms with van der Waals surface area (Å²) in [6.07, 6.45) is 0.904. The van der Waals surface area contributed by atoms with E-state index in [1.54, 1.807) is 0 Å². The summed E-state index contributed by atoms with van der Waals surface area (Å²) in [6.45, 7) is 5.40. The van der Waals surface area contributed by atoms with Crippen LogP contribution in [0.15, 0.2) is 18.2 Å². The number of hydrogen-bond donors (Lipinski definition) is 2. The van der Waals surface area contributed by atoms with Gasteiger partial charge in [0.2, 0.25) is 0 Å². The molecule has 18 heavy (non-hydrogen) atoms. The molecule has 1 atom stereocenters. The Morgan fingerprint density at radius 3 is 2.72 bits per heavy atom. The lowest BCUT2D eigenvalue weighted by molar-refractivity contribution is 0.227. The van der Waals surface area contributed by atoms with E-state index < -0.39 is 0 Å². The second-order valence-corrected chi connectivity index (χ2v) is 4.38. The second kappa shape index (κ2) is 9.45. The molecule has 0 fully saturated rings. The van der Waals surface area contributed by atoms with Gasteiger partial charge in [-0.1, -0.05) is 30.7 Å². The molecule has 3 nitrogen and oxygen atoms in total. The molecule has 0 aliphatic carbocycles. The quantitative estimate of drug-likeness (QED) is 0.760. The fourth-order valence-corrected chi connectivity index (χ4v) is 1.83. The lowest BCUT2D eigenvalue weighted by Crippen LogP contribution is -2.34. The van der Waals surface area contributed by atoms with Crippen molar-refractivity contribution in [3.05, 3.63) is 28.8 Å². The highest BCUT2D eigenvalue weighted by molar-refractivity contribution is 6.32. The molecule has 0 spiro atoms. The third-order valence-electron chi connectivity index (χ3n) is 2.66. The molecule has 0 saturated carbocycles. The summed E-state index contributed by atoms with van der Waals surface area (Å²) >= 11 is 6.04. The van der Waals surface area contributed by atoms with Crippen LogP contribution in [0.5, 0.6) is 5.75 Å². The first-order valence-corrected chi connectivity index (χ1v) is 6.29. The minimum Gasteiger partial charge on any atom is -0.490 e. The van der Waals surface area contributed by atoms with Crippen LogP contribution in [0.3, 0.4) is 0 Å². The number of benzene rings is 1. The zero-order valence-electron chi connectivity index (χ0n) is 10.8. The molecule has 2 N–H and O–H groups in total. The van der Waals surface area contributed by atoms with Crippen LogP contribution in [0.25, 0.3) is 0 Å². The zero-order valence-corrected chi connectivity index (χ0v) is 12.4. The SMILES string of the molecule is CC[C@H](CO)NCCOc1c(C)cccc1Cl.Cl. The first-order valence-electron chi connectivity index (χ1n) is 5.91. The van der Waals surface area contributed by atoms with E-state index in [1.807, 2.05) is 32.0 Å². The molecular weight excluding hydrogens is 273 g/mol. The van der Waals surface area contributed by atoms with Crippen molar-refractivity contribution >= 4 is 24.0 Å². The topological polar surface area (TPSA) is 41.5 Å². The van der Waals surface area contributed by atoms with E-state index in [0.29, 0.717) is 18.2 Å². The highest BCUT2D eigenvalue weighted by Crippen LogP contribution is 2.27. The van der Waals surface area contributed by atoms with Crippen molar-refractivity contribution in [2.75, 3.05) is 19.8 Å². The number of ether oxygens (including phenoxy) is 1. The van der Waals surface area contributed by atoms with Crippen LogP contribution in [0.1, 0.15) is 18.9 Å². The van der Waals surface area contributed by atoms with Crippen LogP contribution in [-0.2, 0) is 0 Å². The van der Waals surface area contributed by atoms with Crippen molar-refractivity contribution in [1.29, 1.82) is 0 Å². The summed E-state index contributed by atoms with van der Waals surface area (Å²) in [4.78, 5) is 0. The summed E-state index contributed by atoms with van der Waals surface area (Å²) in [5, 5.41) is 12.9. The minimum atomic E-state index is 0. The van der Waals surface area contributed by atoms with Crippen LogP contribution in [0, 0.1) is 6.92 Å². The predicted octanol–water partition coefficient (Wildman–Crippen LogP) is 2.81. The van der Waals surface area contributed by atoms with Crippen molar-refractivity contribution in [3.63, 3.8) is 0 Å². The molecule has 1 rings (SSSR count). The van der Waals surface area contributed by atoms with Crippen molar-refractivity contribution in [3.8, 4) is 5.75 Å². The minimum absolute atomic E-state index is 0. The fraction of sp³-hybridized carbons (Fsp3) is 0.538. The fourth-order valence-electron chi connectivity index (χ4n) is 1.55. The van der Waals surface area contributed by atoms with Gasteiger partial charge in [-0.3, -0.25) is 0 Å². The Kier molecular flexibility index (Phi) is 9.20. The first kappa shape index (κ1) is 17.5. The average Bonchev–Trinajstić information content (AvgIpc) is 2.32. The summed E-state index contributed by atoms with van der Waals surface area (Å²) in [6, 6.07) is 5.84. The Hall–Kier alpha value is -0.480. The summed E-state index contributed by atoms with van der Waals surface area (Å²) in [5.41, 5.74) is 1.03. The standard InChI is InChI=1S/C13H20ClNO2.ClH/c1-3-11(9-16)15-7-8-17-13-10(2)5-4-6-12(13)14;/h4-6,11,15-16H,3,7-9H2,1-2H3;1H/t11-;/m1./s1. The molecule has 0 heterocycles. The number of hydrogen-bond acceptors (Lipinski definition) is 3. The molecule has 0 unspecified atom stereocenters. The highest BCUT2D eigenvalue weighted by atomic mass is 35.5. The number of halogens is 2. The number of para-hydroxylation sites is 1. The largest absolute Gasteiger partial charge is 0.490 e. The second-order valence-electron chi connectivity index (χ2n) is 3.98. The van der Waals surface area contributed by atoms with Gasteiger partial charge in [0.25, 0.3) is 0 Å². The number of aliphatic hydroxyl groups is 1. The Balaban J connectivity index is 0.00000289. The van der Waals surface area contributed by atoms with Crippen molar-refractivity contribution in [1.82, 2.24) is 5.32 Å². The van der Waals surface area contributed by atoms with E-state index in [4.69, 9.17) is 21.4 Å². The van der Waals surface area contributed by atoms with Gasteiger partial charge in [0, 0.05) is 12.6 Å². The molecule has 1 aromatic rings. The van der Waals surface area contributed by atoms with E-state index >= 15 is 0 Å². The van der Waals surface area contributed by atoms with E-state index in [1.165, 1.54) is 0 Å². The predicted molar refractivity (Wildman–Crippen MR) is 78.1 cm³/mol. The smallest absolute Gasteiger partial charge is 0.140 e. The van der Waals surface area contributed by atoms with Crippen molar-refractivity contribution < 1.29 is 9.84 Å². The van der Waals surface area contributed by atoms with Crippen LogP contribution in [0.2, 0.25) is 5.02 Å². The average molecular weight is 294 g/mol. The van der Waals surface area contributed by atoms with Crippen LogP contribution < -0.4 is 10.1 Å². The molecule has 104 valence electrons. The number of aliphatic hydroxyl groups excluding tert-OH is 1. The van der Waals surface area contributed by atoms with Gasteiger partial charge in [0.1, 0.15) is 12.4 Å². The van der Waals surface area contributed by atoms with Gasteiger partial charge < -0.3 is 15.2 Å². The molecular formula is C13H21Cl2NO2. The summed E-state index contributed by atoms with van der Waals surface area (Å²) in [7, 11) is 0. The number of nitrogens with one attached hydrogen (secondary N) is 1. The molecule has 0 amide bonds. The molecule has 0 aliphatic rings. The maximum absolute atomic E-state index is 9.01. The molecule has 1 aromatic carbocycles. The van der Waals surface area contributed by atoms with Gasteiger partial charge in [0.15, 0.2) is 0 Å². The highest BCUT2D eigenvalue weighted by Gasteiger charge is 2.06. The normalized spacial score (nSPS) is 11.8. The lowest BCUT2D eigenvalue weighted by Gasteiger charge is -2.15. The molecule has 5 heteroatoms. The first-order chi connectivity index (χ1) is 8.19. The zero-order chi connectivity index (χ0) is 12.7. The summed E-state index contributed by atoms with van der Waals surface area (Å²) < 4.78 is 5.63. The van der Waals surface area contributed by atoms with E-state index in [-0.39, 0.29) is 25.1 Å². The Labute approximate surface area is 120 Å². The third-order valence-corrected chi connectivity index (χ3v) is 2.96. The third kappa shape index (κ3) is 5.44. The number of rotatable bonds is 7. The Morgan fingerprint density at radius 2 is 2.17 bits per heavy atom. The van der Waals surface area contributed by atoms with Gasteiger partial charge in [-0.15, -0.1) is 12.4 Å². The lowest BCUT2D eigenvalue weighted by atomic mass is 10.2. The van der Waals surface area contributed by atoms with Crippen molar-refractivity contribution in [2.45, 2.75) is 26.3 Å². The number of aryl methyl sites for hydroxylation is 1. The van der Waals surface area contributed by atoms with Gasteiger partial charge in [-0.25, -0.2) is 0 Å². The molecule has 0 saturated heterocycles.